The fraction of sp³-hybridized carbons (Fsp3) is 0.294. The predicted octanol–water partition coefficient (Wildman–Crippen LogP) is 2.45. The number of nitrogens with one attached hydrogen (secondary N) is 1. The standard InChI is InChI=1S/C17H17F3N4O4S/c1-27-11-5-6-13(28-2)14(10-11)29(25,26)22-8-9-24-15-12(4-3-7-21-15)23-16(24)17(18,19)20/h3-7,10,22H,8-9H2,1-2H3. The Balaban J connectivity index is 1.87. The van der Waals surface area contributed by atoms with E-state index in [2.05, 4.69) is 14.7 Å². The molecule has 1 N–H and O–H groups in total. The van der Waals surface area contributed by atoms with E-state index in [0.29, 0.717) is 0 Å². The molecule has 12 heteroatoms. The van der Waals surface area contributed by atoms with E-state index in [-0.39, 0.29) is 40.6 Å². The molecular formula is C17H17F3N4O4S. The number of halogens is 3. The van der Waals surface area contributed by atoms with Crippen molar-refractivity contribution in [1.29, 1.82) is 0 Å². The van der Waals surface area contributed by atoms with Crippen LogP contribution in [0.2, 0.25) is 0 Å². The number of aromatic nitrogens is 3. The van der Waals surface area contributed by atoms with Crippen LogP contribution in [0.3, 0.4) is 0 Å². The maximum absolute atomic E-state index is 13.3. The summed E-state index contributed by atoms with van der Waals surface area (Å²) in [6.07, 6.45) is -3.37. The molecule has 0 spiro atoms. The number of nitrogens with zero attached hydrogens (tertiary/aromatic N) is 3. The number of imidazole rings is 1. The molecule has 0 saturated heterocycles. The van der Waals surface area contributed by atoms with Crippen molar-refractivity contribution in [1.82, 2.24) is 19.3 Å². The number of fused-ring (bicyclic) bond motifs is 1. The molecule has 8 nitrogen and oxygen atoms in total. The van der Waals surface area contributed by atoms with E-state index < -0.39 is 22.0 Å². The Morgan fingerprint density at radius 2 is 1.93 bits per heavy atom. The van der Waals surface area contributed by atoms with Gasteiger partial charge in [0.25, 0.3) is 0 Å². The number of rotatable bonds is 7. The smallest absolute Gasteiger partial charge is 0.449 e. The summed E-state index contributed by atoms with van der Waals surface area (Å²) in [6.45, 7) is -0.651. The number of hydrogen-bond acceptors (Lipinski definition) is 6. The van der Waals surface area contributed by atoms with Gasteiger partial charge in [0.1, 0.15) is 21.9 Å². The van der Waals surface area contributed by atoms with Crippen LogP contribution < -0.4 is 14.2 Å². The Bertz CT molecular complexity index is 1130. The fourth-order valence-corrected chi connectivity index (χ4v) is 3.95. The minimum Gasteiger partial charge on any atom is -0.497 e. The fourth-order valence-electron chi connectivity index (χ4n) is 2.75. The van der Waals surface area contributed by atoms with E-state index in [4.69, 9.17) is 9.47 Å². The zero-order valence-corrected chi connectivity index (χ0v) is 16.2. The van der Waals surface area contributed by atoms with Crippen molar-refractivity contribution in [2.75, 3.05) is 20.8 Å². The number of sulfonamides is 1. The molecule has 156 valence electrons. The number of hydrogen-bond donors (Lipinski definition) is 1. The summed E-state index contributed by atoms with van der Waals surface area (Å²) >= 11 is 0. The van der Waals surface area contributed by atoms with Crippen LogP contribution in [0.1, 0.15) is 5.82 Å². The summed E-state index contributed by atoms with van der Waals surface area (Å²) in [7, 11) is -1.40. The van der Waals surface area contributed by atoms with Crippen molar-refractivity contribution >= 4 is 21.2 Å². The van der Waals surface area contributed by atoms with Crippen LogP contribution in [0.4, 0.5) is 13.2 Å². The van der Waals surface area contributed by atoms with Gasteiger partial charge in [0.15, 0.2) is 5.65 Å². The Morgan fingerprint density at radius 1 is 1.17 bits per heavy atom. The molecule has 0 saturated carbocycles. The largest absolute Gasteiger partial charge is 0.497 e. The number of benzene rings is 1. The van der Waals surface area contributed by atoms with Gasteiger partial charge in [0.05, 0.1) is 14.2 Å². The second-order valence-electron chi connectivity index (χ2n) is 5.85. The van der Waals surface area contributed by atoms with E-state index >= 15 is 0 Å². The van der Waals surface area contributed by atoms with Gasteiger partial charge >= 0.3 is 6.18 Å². The third-order valence-electron chi connectivity index (χ3n) is 4.05. The highest BCUT2D eigenvalue weighted by Crippen LogP contribution is 2.31. The van der Waals surface area contributed by atoms with Crippen LogP contribution in [0.15, 0.2) is 41.4 Å². The average molecular weight is 430 g/mol. The molecule has 0 radical (unpaired) electrons. The van der Waals surface area contributed by atoms with Crippen molar-refractivity contribution in [2.24, 2.45) is 0 Å². The van der Waals surface area contributed by atoms with Crippen molar-refractivity contribution in [3.05, 3.63) is 42.4 Å². The van der Waals surface area contributed by atoms with Crippen LogP contribution >= 0.6 is 0 Å². The first-order valence-electron chi connectivity index (χ1n) is 8.27. The third kappa shape index (κ3) is 4.27. The minimum atomic E-state index is -4.71. The number of pyridine rings is 1. The predicted molar refractivity (Wildman–Crippen MR) is 97.3 cm³/mol. The Morgan fingerprint density at radius 3 is 2.59 bits per heavy atom. The summed E-state index contributed by atoms with van der Waals surface area (Å²) < 4.78 is 78.4. The molecule has 2 aromatic heterocycles. The maximum Gasteiger partial charge on any atom is 0.449 e. The lowest BCUT2D eigenvalue weighted by molar-refractivity contribution is -0.146. The zero-order valence-electron chi connectivity index (χ0n) is 15.4. The second-order valence-corrected chi connectivity index (χ2v) is 7.58. The molecule has 0 atom stereocenters. The van der Waals surface area contributed by atoms with Crippen LogP contribution in [-0.4, -0.2) is 43.7 Å². The van der Waals surface area contributed by atoms with Crippen molar-refractivity contribution in [3.63, 3.8) is 0 Å². The topological polar surface area (TPSA) is 95.3 Å². The lowest BCUT2D eigenvalue weighted by atomic mass is 10.3. The molecule has 1 aromatic carbocycles. The van der Waals surface area contributed by atoms with Gasteiger partial charge in [0, 0.05) is 25.4 Å². The van der Waals surface area contributed by atoms with E-state index in [9.17, 15) is 21.6 Å². The molecule has 29 heavy (non-hydrogen) atoms. The summed E-state index contributed by atoms with van der Waals surface area (Å²) in [5.41, 5.74) is 0.0788. The molecular weight excluding hydrogens is 413 g/mol. The quantitative estimate of drug-likeness (QED) is 0.619. The monoisotopic (exact) mass is 430 g/mol. The third-order valence-corrected chi connectivity index (χ3v) is 5.53. The summed E-state index contributed by atoms with van der Waals surface area (Å²) in [5, 5.41) is 0. The Kier molecular flexibility index (Phi) is 5.66. The second kappa shape index (κ2) is 7.87. The van der Waals surface area contributed by atoms with E-state index in [1.807, 2.05) is 0 Å². The highest BCUT2D eigenvalue weighted by molar-refractivity contribution is 7.89. The van der Waals surface area contributed by atoms with Crippen LogP contribution in [0, 0.1) is 0 Å². The molecule has 2 heterocycles. The summed E-state index contributed by atoms with van der Waals surface area (Å²) in [6, 6.07) is 7.08. The van der Waals surface area contributed by atoms with Crippen LogP contribution in [0.5, 0.6) is 11.5 Å². The first kappa shape index (κ1) is 20.9. The van der Waals surface area contributed by atoms with E-state index in [1.165, 1.54) is 50.7 Å². The highest BCUT2D eigenvalue weighted by atomic mass is 32.2. The van der Waals surface area contributed by atoms with Crippen LogP contribution in [-0.2, 0) is 22.7 Å². The summed E-state index contributed by atoms with van der Waals surface area (Å²) in [4.78, 5) is 7.30. The average Bonchev–Trinajstić information content (AvgIpc) is 3.06. The molecule has 0 fully saturated rings. The van der Waals surface area contributed by atoms with E-state index in [0.717, 1.165) is 4.57 Å². The molecule has 0 bridgehead atoms. The van der Waals surface area contributed by atoms with Gasteiger partial charge < -0.3 is 14.0 Å². The maximum atomic E-state index is 13.3. The first-order chi connectivity index (χ1) is 13.7. The van der Waals surface area contributed by atoms with Gasteiger partial charge in [-0.2, -0.15) is 13.2 Å². The van der Waals surface area contributed by atoms with Gasteiger partial charge in [-0.25, -0.2) is 23.1 Å². The van der Waals surface area contributed by atoms with Crippen molar-refractivity contribution in [2.45, 2.75) is 17.6 Å². The molecule has 3 rings (SSSR count). The summed E-state index contributed by atoms with van der Waals surface area (Å²) in [5.74, 6) is -0.788. The number of methoxy groups -OCH3 is 2. The van der Waals surface area contributed by atoms with Gasteiger partial charge in [0.2, 0.25) is 15.8 Å². The molecule has 0 aliphatic heterocycles. The lowest BCUT2D eigenvalue weighted by Crippen LogP contribution is -2.29. The number of ether oxygens (including phenoxy) is 2. The normalized spacial score (nSPS) is 12.3. The Labute approximate surface area is 164 Å². The molecule has 0 aliphatic rings. The molecule has 3 aromatic rings. The van der Waals surface area contributed by atoms with Gasteiger partial charge in [-0.15, -0.1) is 0 Å². The van der Waals surface area contributed by atoms with Crippen molar-refractivity contribution in [3.8, 4) is 11.5 Å². The SMILES string of the molecule is COc1ccc(OC)c(S(=O)(=O)NCCn2c(C(F)(F)F)nc3cccnc32)c1. The molecule has 0 aliphatic carbocycles. The minimum absolute atomic E-state index is 0.0120. The van der Waals surface area contributed by atoms with Gasteiger partial charge in [-0.1, -0.05) is 0 Å². The van der Waals surface area contributed by atoms with Crippen LogP contribution in [0.25, 0.3) is 11.2 Å². The molecule has 0 unspecified atom stereocenters. The number of alkyl halides is 3. The lowest BCUT2D eigenvalue weighted by Gasteiger charge is -2.14. The molecule has 0 amide bonds. The van der Waals surface area contributed by atoms with E-state index in [1.54, 1.807) is 0 Å². The highest BCUT2D eigenvalue weighted by Gasteiger charge is 2.37. The Hall–Kier alpha value is -2.86. The van der Waals surface area contributed by atoms with Gasteiger partial charge in [-0.3, -0.25) is 0 Å². The first-order valence-corrected chi connectivity index (χ1v) is 9.76. The zero-order chi connectivity index (χ0) is 21.2. The van der Waals surface area contributed by atoms with Crippen molar-refractivity contribution < 1.29 is 31.1 Å². The van der Waals surface area contributed by atoms with Gasteiger partial charge in [-0.05, 0) is 24.3 Å².